The molecule has 0 unspecified atom stereocenters. The van der Waals surface area contributed by atoms with Crippen LogP contribution in [0.15, 0.2) is 36.7 Å². The molecule has 0 spiro atoms. The van der Waals surface area contributed by atoms with Crippen LogP contribution < -0.4 is 9.47 Å². The van der Waals surface area contributed by atoms with Gasteiger partial charge in [-0.15, -0.1) is 0 Å². The summed E-state index contributed by atoms with van der Waals surface area (Å²) >= 11 is 0. The molecule has 26 heavy (non-hydrogen) atoms. The number of ether oxygens (including phenoxy) is 3. The van der Waals surface area contributed by atoms with E-state index in [0.717, 1.165) is 17.7 Å². The zero-order valence-corrected chi connectivity index (χ0v) is 15.1. The summed E-state index contributed by atoms with van der Waals surface area (Å²) in [6, 6.07) is 6.71. The van der Waals surface area contributed by atoms with Gasteiger partial charge in [-0.05, 0) is 37.0 Å². The average molecular weight is 355 g/mol. The van der Waals surface area contributed by atoms with E-state index in [4.69, 9.17) is 14.2 Å². The van der Waals surface area contributed by atoms with Crippen molar-refractivity contribution in [1.29, 1.82) is 0 Å². The molecule has 6 heteroatoms. The molecule has 2 heterocycles. The van der Waals surface area contributed by atoms with Gasteiger partial charge in [0.2, 0.25) is 0 Å². The maximum Gasteiger partial charge on any atom is 0.343 e. The van der Waals surface area contributed by atoms with Crippen molar-refractivity contribution in [2.24, 2.45) is 0 Å². The Kier molecular flexibility index (Phi) is 4.93. The predicted molar refractivity (Wildman–Crippen MR) is 94.7 cm³/mol. The zero-order valence-electron chi connectivity index (χ0n) is 15.1. The number of esters is 2. The molecule has 0 aliphatic carbocycles. The molecule has 0 saturated heterocycles. The molecule has 1 aromatic carbocycles. The molecule has 0 amide bonds. The monoisotopic (exact) mass is 355 g/mol. The van der Waals surface area contributed by atoms with Crippen molar-refractivity contribution in [3.8, 4) is 11.5 Å². The first-order valence-electron chi connectivity index (χ1n) is 8.53. The maximum absolute atomic E-state index is 12.6. The van der Waals surface area contributed by atoms with Gasteiger partial charge in [-0.2, -0.15) is 0 Å². The van der Waals surface area contributed by atoms with E-state index in [1.165, 1.54) is 18.5 Å². The number of carbonyl (C=O) groups excluding carboxylic acids is 2. The fourth-order valence-electron chi connectivity index (χ4n) is 2.85. The lowest BCUT2D eigenvalue weighted by atomic mass is 9.79. The number of carbonyl (C=O) groups is 2. The molecule has 0 saturated carbocycles. The van der Waals surface area contributed by atoms with E-state index in [1.54, 1.807) is 25.1 Å². The summed E-state index contributed by atoms with van der Waals surface area (Å²) in [5.74, 6) is -0.222. The van der Waals surface area contributed by atoms with Crippen molar-refractivity contribution < 1.29 is 23.8 Å². The first kappa shape index (κ1) is 17.9. The van der Waals surface area contributed by atoms with Gasteiger partial charge in [-0.25, -0.2) is 9.59 Å². The largest absolute Gasteiger partial charge is 0.493 e. The second-order valence-corrected chi connectivity index (χ2v) is 6.68. The van der Waals surface area contributed by atoms with E-state index in [-0.39, 0.29) is 23.3 Å². The second-order valence-electron chi connectivity index (χ2n) is 6.68. The fraction of sp³-hybridized carbons (Fsp3) is 0.350. The third kappa shape index (κ3) is 3.54. The van der Waals surface area contributed by atoms with Crippen molar-refractivity contribution in [2.45, 2.75) is 32.6 Å². The highest BCUT2D eigenvalue weighted by Crippen LogP contribution is 2.38. The molecular weight excluding hydrogens is 334 g/mol. The average Bonchev–Trinajstić information content (AvgIpc) is 2.62. The lowest BCUT2D eigenvalue weighted by molar-refractivity contribution is 0.0520. The number of hydrogen-bond donors (Lipinski definition) is 0. The topological polar surface area (TPSA) is 74.7 Å². The predicted octanol–water partition coefficient (Wildman–Crippen LogP) is 3.54. The Balaban J connectivity index is 1.87. The maximum atomic E-state index is 12.6. The first-order chi connectivity index (χ1) is 12.4. The molecule has 3 rings (SSSR count). The third-order valence-corrected chi connectivity index (χ3v) is 4.41. The van der Waals surface area contributed by atoms with E-state index in [0.29, 0.717) is 12.2 Å². The molecule has 0 fully saturated rings. The van der Waals surface area contributed by atoms with Crippen LogP contribution in [-0.4, -0.2) is 30.1 Å². The van der Waals surface area contributed by atoms with Gasteiger partial charge >= 0.3 is 11.9 Å². The van der Waals surface area contributed by atoms with Crippen LogP contribution in [0.4, 0.5) is 0 Å². The molecule has 1 aromatic heterocycles. The number of aromatic nitrogens is 1. The van der Waals surface area contributed by atoms with E-state index in [9.17, 15) is 9.59 Å². The number of benzene rings is 1. The summed E-state index contributed by atoms with van der Waals surface area (Å²) < 4.78 is 16.1. The van der Waals surface area contributed by atoms with Gasteiger partial charge in [-0.3, -0.25) is 4.98 Å². The van der Waals surface area contributed by atoms with Gasteiger partial charge in [0.05, 0.1) is 18.8 Å². The summed E-state index contributed by atoms with van der Waals surface area (Å²) in [6.45, 7) is 6.82. The minimum Gasteiger partial charge on any atom is -0.493 e. The Morgan fingerprint density at radius 3 is 2.81 bits per heavy atom. The molecule has 0 radical (unpaired) electrons. The van der Waals surface area contributed by atoms with Crippen molar-refractivity contribution in [1.82, 2.24) is 4.98 Å². The van der Waals surface area contributed by atoms with E-state index < -0.39 is 11.9 Å². The number of hydrogen-bond acceptors (Lipinski definition) is 6. The van der Waals surface area contributed by atoms with Crippen LogP contribution in [0.5, 0.6) is 11.5 Å². The van der Waals surface area contributed by atoms with Gasteiger partial charge < -0.3 is 14.2 Å². The Hall–Kier alpha value is -2.89. The Labute approximate surface area is 152 Å². The number of fused-ring (bicyclic) bond motifs is 1. The van der Waals surface area contributed by atoms with Crippen LogP contribution in [-0.2, 0) is 10.2 Å². The van der Waals surface area contributed by atoms with E-state index >= 15 is 0 Å². The first-order valence-corrected chi connectivity index (χ1v) is 8.53. The standard InChI is InChI=1S/C20H21NO5/c1-4-24-19(23)14-12-21-9-7-16(14)26-18(22)13-5-6-17-15(11-13)20(2,3)8-10-25-17/h5-7,9,11-12H,4,8,10H2,1-3H3. The van der Waals surface area contributed by atoms with Crippen LogP contribution in [0.2, 0.25) is 0 Å². The van der Waals surface area contributed by atoms with E-state index in [2.05, 4.69) is 18.8 Å². The fourth-order valence-corrected chi connectivity index (χ4v) is 2.85. The quantitative estimate of drug-likeness (QED) is 0.781. The van der Waals surface area contributed by atoms with Crippen LogP contribution in [0, 0.1) is 0 Å². The van der Waals surface area contributed by atoms with Gasteiger partial charge in [0, 0.05) is 24.0 Å². The third-order valence-electron chi connectivity index (χ3n) is 4.41. The molecule has 136 valence electrons. The number of nitrogens with zero attached hydrogens (tertiary/aromatic N) is 1. The summed E-state index contributed by atoms with van der Waals surface area (Å²) in [5, 5.41) is 0. The molecule has 6 nitrogen and oxygen atoms in total. The van der Waals surface area contributed by atoms with Gasteiger partial charge in [0.1, 0.15) is 17.1 Å². The molecular formula is C20H21NO5. The minimum absolute atomic E-state index is 0.0867. The Morgan fingerprint density at radius 1 is 1.23 bits per heavy atom. The van der Waals surface area contributed by atoms with Crippen LogP contribution in [0.3, 0.4) is 0 Å². The number of rotatable bonds is 4. The van der Waals surface area contributed by atoms with Crippen molar-refractivity contribution >= 4 is 11.9 Å². The Bertz CT molecular complexity index is 844. The van der Waals surface area contributed by atoms with Crippen molar-refractivity contribution in [3.05, 3.63) is 53.3 Å². The van der Waals surface area contributed by atoms with Crippen LogP contribution in [0.25, 0.3) is 0 Å². The van der Waals surface area contributed by atoms with Gasteiger partial charge in [-0.1, -0.05) is 13.8 Å². The number of pyridine rings is 1. The highest BCUT2D eigenvalue weighted by molar-refractivity contribution is 5.96. The lowest BCUT2D eigenvalue weighted by Gasteiger charge is -2.32. The van der Waals surface area contributed by atoms with Crippen LogP contribution >= 0.6 is 0 Å². The smallest absolute Gasteiger partial charge is 0.343 e. The van der Waals surface area contributed by atoms with Crippen molar-refractivity contribution in [3.63, 3.8) is 0 Å². The van der Waals surface area contributed by atoms with Crippen LogP contribution in [0.1, 0.15) is 53.5 Å². The van der Waals surface area contributed by atoms with Gasteiger partial charge in [0.25, 0.3) is 0 Å². The zero-order chi connectivity index (χ0) is 18.7. The summed E-state index contributed by atoms with van der Waals surface area (Å²) in [4.78, 5) is 28.5. The van der Waals surface area contributed by atoms with E-state index in [1.807, 2.05) is 0 Å². The normalized spacial score (nSPS) is 14.7. The molecule has 2 aromatic rings. The second kappa shape index (κ2) is 7.15. The molecule has 0 N–H and O–H groups in total. The minimum atomic E-state index is -0.580. The SMILES string of the molecule is CCOC(=O)c1cnccc1OC(=O)c1ccc2c(c1)C(C)(C)CCO2. The lowest BCUT2D eigenvalue weighted by Crippen LogP contribution is -2.27. The van der Waals surface area contributed by atoms with Crippen molar-refractivity contribution in [2.75, 3.05) is 13.2 Å². The highest BCUT2D eigenvalue weighted by Gasteiger charge is 2.30. The Morgan fingerprint density at radius 2 is 2.04 bits per heavy atom. The molecule has 1 aliphatic heterocycles. The summed E-state index contributed by atoms with van der Waals surface area (Å²) in [7, 11) is 0. The summed E-state index contributed by atoms with van der Waals surface area (Å²) in [6.07, 6.45) is 3.65. The highest BCUT2D eigenvalue weighted by atomic mass is 16.5. The molecule has 0 atom stereocenters. The molecule has 1 aliphatic rings. The van der Waals surface area contributed by atoms with Gasteiger partial charge in [0.15, 0.2) is 0 Å². The molecule has 0 bridgehead atoms. The summed E-state index contributed by atoms with van der Waals surface area (Å²) in [5.41, 5.74) is 1.40.